The van der Waals surface area contributed by atoms with Crippen molar-refractivity contribution in [2.24, 2.45) is 5.92 Å². The van der Waals surface area contributed by atoms with Gasteiger partial charge in [0.15, 0.2) is 0 Å². The summed E-state index contributed by atoms with van der Waals surface area (Å²) in [6, 6.07) is 7.65. The van der Waals surface area contributed by atoms with Gasteiger partial charge in [-0.1, -0.05) is 19.1 Å². The number of nitrogens with one attached hydrogen (secondary N) is 1. The van der Waals surface area contributed by atoms with Crippen molar-refractivity contribution < 1.29 is 38.0 Å². The van der Waals surface area contributed by atoms with E-state index in [0.29, 0.717) is 84.0 Å². The summed E-state index contributed by atoms with van der Waals surface area (Å²) in [5.74, 6) is 0.714. The zero-order valence-corrected chi connectivity index (χ0v) is 24.8. The molecule has 0 atom stereocenters. The van der Waals surface area contributed by atoms with Crippen LogP contribution in [-0.2, 0) is 41.6 Å². The van der Waals surface area contributed by atoms with Crippen molar-refractivity contribution in [2.45, 2.75) is 39.8 Å². The lowest BCUT2D eigenvalue weighted by molar-refractivity contribution is -0.121. The first-order valence-corrected chi connectivity index (χ1v) is 14.1. The average molecular weight is 593 g/mol. The summed E-state index contributed by atoms with van der Waals surface area (Å²) < 4.78 is 33.8. The highest BCUT2D eigenvalue weighted by molar-refractivity contribution is 5.77. The lowest BCUT2D eigenvalue weighted by Crippen LogP contribution is -2.20. The summed E-state index contributed by atoms with van der Waals surface area (Å²) in [7, 11) is 1.61. The Kier molecular flexibility index (Phi) is 17.7. The maximum atomic E-state index is 11.0. The molecular formula is C29H44N4O9. The molecule has 1 aromatic carbocycles. The summed E-state index contributed by atoms with van der Waals surface area (Å²) >= 11 is 0. The number of rotatable bonds is 20. The average Bonchev–Trinajstić information content (AvgIpc) is 3.43. The number of hydrogen-bond acceptors (Lipinski definition) is 11. The maximum absolute atomic E-state index is 11.0. The number of phenols is 1. The molecule has 0 fully saturated rings. The minimum Gasteiger partial charge on any atom is -0.508 e. The molecule has 0 saturated carbocycles. The Morgan fingerprint density at radius 1 is 0.929 bits per heavy atom. The monoisotopic (exact) mass is 592 g/mol. The van der Waals surface area contributed by atoms with Crippen LogP contribution >= 0.6 is 0 Å². The van der Waals surface area contributed by atoms with Crippen LogP contribution in [0.1, 0.15) is 32.4 Å². The zero-order valence-electron chi connectivity index (χ0n) is 24.8. The van der Waals surface area contributed by atoms with Crippen molar-refractivity contribution in [3.63, 3.8) is 0 Å². The van der Waals surface area contributed by atoms with Gasteiger partial charge in [-0.2, -0.15) is 0 Å². The molecule has 234 valence electrons. The Morgan fingerprint density at radius 2 is 1.52 bits per heavy atom. The minimum absolute atomic E-state index is 0.0281. The molecule has 3 aromatic rings. The van der Waals surface area contributed by atoms with Crippen molar-refractivity contribution in [1.29, 1.82) is 0 Å². The van der Waals surface area contributed by atoms with Crippen LogP contribution in [0.15, 0.2) is 45.7 Å². The molecule has 0 radical (unpaired) electrons. The molecule has 1 amide bonds. The summed E-state index contributed by atoms with van der Waals surface area (Å²) in [4.78, 5) is 21.7. The summed E-state index contributed by atoms with van der Waals surface area (Å²) in [5.41, 5.74) is 0.828. The van der Waals surface area contributed by atoms with E-state index in [-0.39, 0.29) is 11.7 Å². The van der Waals surface area contributed by atoms with Crippen LogP contribution in [0.4, 0.5) is 0 Å². The van der Waals surface area contributed by atoms with Gasteiger partial charge in [-0.05, 0) is 30.5 Å². The summed E-state index contributed by atoms with van der Waals surface area (Å²) in [5, 5.41) is 20.6. The van der Waals surface area contributed by atoms with E-state index < -0.39 is 5.63 Å². The molecule has 42 heavy (non-hydrogen) atoms. The van der Waals surface area contributed by atoms with E-state index in [2.05, 4.69) is 29.5 Å². The van der Waals surface area contributed by atoms with Gasteiger partial charge in [-0.25, -0.2) is 4.79 Å². The lowest BCUT2D eigenvalue weighted by Gasteiger charge is -2.07. The largest absolute Gasteiger partial charge is 0.508 e. The second kappa shape index (κ2) is 21.4. The molecule has 3 rings (SSSR count). The summed E-state index contributed by atoms with van der Waals surface area (Å²) in [6.45, 7) is 10.1. The highest BCUT2D eigenvalue weighted by Gasteiger charge is 2.03. The van der Waals surface area contributed by atoms with Gasteiger partial charge in [-0.3, -0.25) is 9.48 Å². The van der Waals surface area contributed by atoms with Gasteiger partial charge in [-0.15, -0.1) is 5.10 Å². The second-order valence-electron chi connectivity index (χ2n) is 9.56. The van der Waals surface area contributed by atoms with Gasteiger partial charge in [0, 0.05) is 37.5 Å². The number of nitrogens with zero attached hydrogens (tertiary/aromatic N) is 3. The van der Waals surface area contributed by atoms with E-state index in [4.69, 9.17) is 33.2 Å². The normalized spacial score (nSPS) is 11.0. The van der Waals surface area contributed by atoms with Crippen molar-refractivity contribution in [3.05, 3.63) is 52.6 Å². The molecular weight excluding hydrogens is 548 g/mol. The molecule has 2 N–H and O–H groups in total. The van der Waals surface area contributed by atoms with E-state index in [1.165, 1.54) is 12.1 Å². The number of aryl methyl sites for hydroxylation is 1. The van der Waals surface area contributed by atoms with Crippen molar-refractivity contribution in [1.82, 2.24) is 20.3 Å². The van der Waals surface area contributed by atoms with Gasteiger partial charge >= 0.3 is 5.63 Å². The molecule has 2 heterocycles. The molecule has 13 nitrogen and oxygen atoms in total. The van der Waals surface area contributed by atoms with Gasteiger partial charge in [0.25, 0.3) is 0 Å². The standard InChI is InChI=1S/C20H38N4O6.C9H6O3/c1-18(2)4-6-24-16-19(22-23-24)17-30-15-14-29-13-12-28-11-10-27-9-8-26-7-5-20(25)21-3;10-7-3-1-6-2-4-9(11)12-8(6)5-7/h16,18H,4-15,17H2,1-3H3,(H,21,25);1-5,10H. The Morgan fingerprint density at radius 3 is 2.14 bits per heavy atom. The third-order valence-electron chi connectivity index (χ3n) is 5.62. The minimum atomic E-state index is -0.409. The van der Waals surface area contributed by atoms with Crippen LogP contribution in [0.5, 0.6) is 5.75 Å². The van der Waals surface area contributed by atoms with Crippen LogP contribution in [0.25, 0.3) is 11.0 Å². The Bertz CT molecular complexity index is 1200. The molecule has 13 heteroatoms. The lowest BCUT2D eigenvalue weighted by atomic mass is 10.1. The van der Waals surface area contributed by atoms with E-state index in [9.17, 15) is 9.59 Å². The second-order valence-corrected chi connectivity index (χ2v) is 9.56. The van der Waals surface area contributed by atoms with E-state index in [1.807, 2.05) is 10.9 Å². The third kappa shape index (κ3) is 16.2. The molecule has 0 saturated heterocycles. The number of ether oxygens (including phenoxy) is 5. The first-order valence-electron chi connectivity index (χ1n) is 14.1. The third-order valence-corrected chi connectivity index (χ3v) is 5.62. The van der Waals surface area contributed by atoms with E-state index in [0.717, 1.165) is 24.0 Å². The quantitative estimate of drug-likeness (QED) is 0.147. The maximum Gasteiger partial charge on any atom is 0.336 e. The molecule has 0 unspecified atom stereocenters. The topological polar surface area (TPSA) is 156 Å². The number of amides is 1. The molecule has 0 bridgehead atoms. The predicted molar refractivity (Wildman–Crippen MR) is 155 cm³/mol. The Hall–Kier alpha value is -3.36. The number of phenolic OH excluding ortho intramolecular Hbond substituents is 1. The smallest absolute Gasteiger partial charge is 0.336 e. The molecule has 0 spiro atoms. The van der Waals surface area contributed by atoms with Crippen LogP contribution in [0, 0.1) is 5.92 Å². The number of aromatic hydroxyl groups is 1. The van der Waals surface area contributed by atoms with Gasteiger partial charge in [0.1, 0.15) is 17.0 Å². The molecule has 0 aliphatic carbocycles. The SMILES string of the molecule is CNC(=O)CCOCCOCCOCCOCCOCc1cn(CCC(C)C)nn1.O=c1ccc2ccc(O)cc2o1. The summed E-state index contributed by atoms with van der Waals surface area (Å²) in [6.07, 6.45) is 3.38. The van der Waals surface area contributed by atoms with E-state index >= 15 is 0 Å². The first-order chi connectivity index (χ1) is 20.4. The highest BCUT2D eigenvalue weighted by atomic mass is 16.6. The Balaban J connectivity index is 0.000000420. The molecule has 0 aliphatic rings. The van der Waals surface area contributed by atoms with Gasteiger partial charge < -0.3 is 38.5 Å². The fourth-order valence-corrected chi connectivity index (χ4v) is 3.30. The van der Waals surface area contributed by atoms with Crippen molar-refractivity contribution in [2.75, 3.05) is 66.5 Å². The van der Waals surface area contributed by atoms with Crippen LogP contribution in [-0.4, -0.2) is 92.5 Å². The molecule has 2 aromatic heterocycles. The fraction of sp³-hybridized carbons (Fsp3) is 0.586. The van der Waals surface area contributed by atoms with Crippen molar-refractivity contribution in [3.8, 4) is 5.75 Å². The number of fused-ring (bicyclic) bond motifs is 1. The number of aromatic nitrogens is 3. The van der Waals surface area contributed by atoms with Crippen LogP contribution in [0.2, 0.25) is 0 Å². The number of carbonyl (C=O) groups is 1. The van der Waals surface area contributed by atoms with Gasteiger partial charge in [0.2, 0.25) is 5.91 Å². The van der Waals surface area contributed by atoms with Crippen LogP contribution < -0.4 is 10.9 Å². The zero-order chi connectivity index (χ0) is 30.4. The first kappa shape index (κ1) is 34.8. The number of benzene rings is 1. The Labute approximate surface area is 246 Å². The molecule has 0 aliphatic heterocycles. The highest BCUT2D eigenvalue weighted by Crippen LogP contribution is 2.17. The predicted octanol–water partition coefficient (Wildman–Crippen LogP) is 2.54. The fourth-order valence-electron chi connectivity index (χ4n) is 3.30. The number of hydrogen-bond donors (Lipinski definition) is 2. The van der Waals surface area contributed by atoms with Crippen molar-refractivity contribution >= 4 is 16.9 Å². The number of carbonyl (C=O) groups excluding carboxylic acids is 1. The van der Waals surface area contributed by atoms with Gasteiger partial charge in [0.05, 0.1) is 72.3 Å². The van der Waals surface area contributed by atoms with E-state index in [1.54, 1.807) is 25.2 Å². The van der Waals surface area contributed by atoms with Crippen LogP contribution in [0.3, 0.4) is 0 Å².